The second kappa shape index (κ2) is 8.39. The van der Waals surface area contributed by atoms with E-state index in [-0.39, 0.29) is 11.1 Å². The Balaban J connectivity index is 2.62. The molecule has 0 fully saturated rings. The van der Waals surface area contributed by atoms with Crippen molar-refractivity contribution >= 4 is 0 Å². The third-order valence-electron chi connectivity index (χ3n) is 4.62. The van der Waals surface area contributed by atoms with Crippen LogP contribution in [0.1, 0.15) is 52.7 Å². The largest absolute Gasteiger partial charge is 0.323 e. The van der Waals surface area contributed by atoms with Crippen molar-refractivity contribution in [2.45, 2.75) is 52.6 Å². The number of rotatable bonds is 2. The Hall–Kier alpha value is -1.74. The van der Waals surface area contributed by atoms with E-state index in [0.717, 1.165) is 24.2 Å². The van der Waals surface area contributed by atoms with Gasteiger partial charge in [-0.15, -0.1) is 0 Å². The van der Waals surface area contributed by atoms with Crippen LogP contribution in [-0.2, 0) is 0 Å². The molecule has 0 aliphatic heterocycles. The van der Waals surface area contributed by atoms with Gasteiger partial charge < -0.3 is 9.80 Å². The molecule has 2 unspecified atom stereocenters. The maximum atomic E-state index is 3.28. The highest BCUT2D eigenvalue weighted by Gasteiger charge is 2.19. The van der Waals surface area contributed by atoms with Crippen LogP contribution in [0.5, 0.6) is 0 Å². The van der Waals surface area contributed by atoms with Crippen molar-refractivity contribution in [1.29, 1.82) is 0 Å². The summed E-state index contributed by atoms with van der Waals surface area (Å²) in [5.41, 5.74) is 2.58. The second-order valence-electron chi connectivity index (χ2n) is 8.60. The van der Waals surface area contributed by atoms with E-state index < -0.39 is 0 Å². The van der Waals surface area contributed by atoms with Gasteiger partial charge in [-0.05, 0) is 77.6 Å². The van der Waals surface area contributed by atoms with E-state index in [2.05, 4.69) is 104 Å². The van der Waals surface area contributed by atoms with Crippen molar-refractivity contribution in [2.24, 2.45) is 0 Å². The maximum Gasteiger partial charge on any atom is 0.139 e. The quantitative estimate of drug-likeness (QED) is 0.751. The average molecular weight is 327 g/mol. The Bertz CT molecular complexity index is 575. The van der Waals surface area contributed by atoms with Crippen LogP contribution in [0.15, 0.2) is 24.3 Å². The van der Waals surface area contributed by atoms with Gasteiger partial charge in [-0.1, -0.05) is 11.8 Å². The molecule has 2 N–H and O–H groups in total. The smallest absolute Gasteiger partial charge is 0.139 e. The molecule has 0 aliphatic rings. The number of benzene rings is 1. The van der Waals surface area contributed by atoms with Crippen molar-refractivity contribution in [3.8, 4) is 23.7 Å². The van der Waals surface area contributed by atoms with Gasteiger partial charge in [0.2, 0.25) is 0 Å². The molecule has 1 aromatic rings. The highest BCUT2D eigenvalue weighted by molar-refractivity contribution is 5.41. The fraction of sp³-hybridized carbons (Fsp3) is 0.545. The van der Waals surface area contributed by atoms with Crippen LogP contribution in [0.25, 0.3) is 0 Å². The molecular weight excluding hydrogens is 292 g/mol. The third-order valence-corrected chi connectivity index (χ3v) is 4.62. The van der Waals surface area contributed by atoms with Gasteiger partial charge in [0.15, 0.2) is 0 Å². The topological polar surface area (TPSA) is 8.88 Å². The minimum atomic E-state index is 0.232. The van der Waals surface area contributed by atoms with Gasteiger partial charge in [0.1, 0.15) is 13.1 Å². The molecule has 0 bridgehead atoms. The number of nitrogens with one attached hydrogen (secondary N) is 2. The van der Waals surface area contributed by atoms with Crippen LogP contribution in [0.4, 0.5) is 0 Å². The van der Waals surface area contributed by atoms with Crippen LogP contribution in [0, 0.1) is 23.7 Å². The fourth-order valence-corrected chi connectivity index (χ4v) is 1.72. The first kappa shape index (κ1) is 20.3. The van der Waals surface area contributed by atoms with Crippen molar-refractivity contribution in [3.05, 3.63) is 35.4 Å². The van der Waals surface area contributed by atoms with E-state index in [1.807, 2.05) is 0 Å². The Labute approximate surface area is 149 Å². The molecule has 2 heteroatoms. The summed E-state index contributed by atoms with van der Waals surface area (Å²) in [5, 5.41) is 0. The summed E-state index contributed by atoms with van der Waals surface area (Å²) >= 11 is 0. The van der Waals surface area contributed by atoms with Gasteiger partial charge in [-0.25, -0.2) is 0 Å². The molecule has 2 atom stereocenters. The Kier molecular flexibility index (Phi) is 7.09. The van der Waals surface area contributed by atoms with Crippen molar-refractivity contribution in [2.75, 3.05) is 27.2 Å². The van der Waals surface area contributed by atoms with E-state index in [0.29, 0.717) is 0 Å². The summed E-state index contributed by atoms with van der Waals surface area (Å²) in [7, 11) is 4.37. The first-order valence-electron chi connectivity index (χ1n) is 8.74. The van der Waals surface area contributed by atoms with Crippen LogP contribution in [0.3, 0.4) is 0 Å². The molecule has 24 heavy (non-hydrogen) atoms. The molecule has 0 saturated heterocycles. The monoisotopic (exact) mass is 326 g/mol. The Morgan fingerprint density at radius 2 is 0.958 bits per heavy atom. The standard InChI is InChI=1S/C22H32N2/c1-21(2,3)23(7)17-9-11-19-13-15-20(16-14-19)12-10-18-24(8)22(4,5)6/h13-16H,17-18H2,1-8H3/p+2. The first-order valence-corrected chi connectivity index (χ1v) is 8.74. The average Bonchev–Trinajstić information content (AvgIpc) is 2.46. The van der Waals surface area contributed by atoms with E-state index in [9.17, 15) is 0 Å². The zero-order chi connectivity index (χ0) is 18.4. The lowest BCUT2D eigenvalue weighted by molar-refractivity contribution is -0.921. The SMILES string of the molecule is C[NH+](CC#Cc1ccc(C#CC[NH+](C)C(C)(C)C)cc1)C(C)(C)C. The first-order chi connectivity index (χ1) is 11.0. The minimum Gasteiger partial charge on any atom is -0.323 e. The molecule has 2 nitrogen and oxygen atoms in total. The van der Waals surface area contributed by atoms with E-state index in [1.54, 1.807) is 0 Å². The lowest BCUT2D eigenvalue weighted by Crippen LogP contribution is -3.16. The highest BCUT2D eigenvalue weighted by Crippen LogP contribution is 2.01. The van der Waals surface area contributed by atoms with Crippen LogP contribution in [0.2, 0.25) is 0 Å². The number of hydrogen-bond acceptors (Lipinski definition) is 0. The number of hydrogen-bond donors (Lipinski definition) is 2. The molecule has 1 rings (SSSR count). The van der Waals surface area contributed by atoms with Gasteiger partial charge in [0.25, 0.3) is 0 Å². The van der Waals surface area contributed by atoms with E-state index in [1.165, 1.54) is 9.80 Å². The van der Waals surface area contributed by atoms with Crippen molar-refractivity contribution < 1.29 is 9.80 Å². The third kappa shape index (κ3) is 7.22. The molecular formula is C22H34N2+2. The van der Waals surface area contributed by atoms with Crippen molar-refractivity contribution in [1.82, 2.24) is 0 Å². The van der Waals surface area contributed by atoms with Gasteiger partial charge in [-0.3, -0.25) is 0 Å². The Morgan fingerprint density at radius 3 is 1.21 bits per heavy atom. The molecule has 0 aromatic heterocycles. The van der Waals surface area contributed by atoms with Gasteiger partial charge in [0, 0.05) is 11.1 Å². The summed E-state index contributed by atoms with van der Waals surface area (Å²) in [6, 6.07) is 8.24. The van der Waals surface area contributed by atoms with Crippen molar-refractivity contribution in [3.63, 3.8) is 0 Å². The molecule has 130 valence electrons. The lowest BCUT2D eigenvalue weighted by atomic mass is 10.1. The van der Waals surface area contributed by atoms with Crippen LogP contribution < -0.4 is 9.80 Å². The molecule has 0 heterocycles. The second-order valence-corrected chi connectivity index (χ2v) is 8.60. The minimum absolute atomic E-state index is 0.232. The fourth-order valence-electron chi connectivity index (χ4n) is 1.72. The predicted molar refractivity (Wildman–Crippen MR) is 103 cm³/mol. The van der Waals surface area contributed by atoms with Gasteiger partial charge in [0.05, 0.1) is 25.2 Å². The van der Waals surface area contributed by atoms with Crippen LogP contribution >= 0.6 is 0 Å². The van der Waals surface area contributed by atoms with Gasteiger partial charge in [-0.2, -0.15) is 0 Å². The van der Waals surface area contributed by atoms with E-state index in [4.69, 9.17) is 0 Å². The zero-order valence-corrected chi connectivity index (χ0v) is 16.7. The summed E-state index contributed by atoms with van der Waals surface area (Å²) < 4.78 is 0. The zero-order valence-electron chi connectivity index (χ0n) is 16.7. The molecule has 0 amide bonds. The van der Waals surface area contributed by atoms with Gasteiger partial charge >= 0.3 is 0 Å². The summed E-state index contributed by atoms with van der Waals surface area (Å²) in [5.74, 6) is 13.0. The highest BCUT2D eigenvalue weighted by atomic mass is 15.2. The predicted octanol–water partition coefficient (Wildman–Crippen LogP) is 1.02. The molecule has 0 aliphatic carbocycles. The van der Waals surface area contributed by atoms with Crippen LogP contribution in [-0.4, -0.2) is 38.3 Å². The molecule has 0 spiro atoms. The molecule has 1 aromatic carbocycles. The number of quaternary nitrogens is 2. The summed E-state index contributed by atoms with van der Waals surface area (Å²) in [6.07, 6.45) is 0. The Morgan fingerprint density at radius 1 is 0.667 bits per heavy atom. The summed E-state index contributed by atoms with van der Waals surface area (Å²) in [4.78, 5) is 2.84. The molecule has 0 saturated carbocycles. The lowest BCUT2D eigenvalue weighted by Gasteiger charge is -2.26. The van der Waals surface area contributed by atoms with E-state index >= 15 is 0 Å². The molecule has 0 radical (unpaired) electrons. The normalized spacial score (nSPS) is 14.0. The summed E-state index contributed by atoms with van der Waals surface area (Å²) in [6.45, 7) is 15.1. The maximum absolute atomic E-state index is 3.28.